The van der Waals surface area contributed by atoms with Crippen LogP contribution in [0.5, 0.6) is 11.5 Å². The predicted molar refractivity (Wildman–Crippen MR) is 119 cm³/mol. The number of carbonyl (C=O) groups is 1. The van der Waals surface area contributed by atoms with Gasteiger partial charge in [-0.2, -0.15) is 0 Å². The van der Waals surface area contributed by atoms with Gasteiger partial charge in [-0.1, -0.05) is 22.9 Å². The number of thiazole rings is 1. The van der Waals surface area contributed by atoms with E-state index in [9.17, 15) is 4.79 Å². The van der Waals surface area contributed by atoms with E-state index in [0.717, 1.165) is 16.0 Å². The third-order valence-electron chi connectivity index (χ3n) is 4.14. The van der Waals surface area contributed by atoms with E-state index in [1.807, 2.05) is 50.2 Å². The van der Waals surface area contributed by atoms with Crippen molar-refractivity contribution in [3.63, 3.8) is 0 Å². The lowest BCUT2D eigenvalue weighted by Crippen LogP contribution is -2.39. The maximum Gasteiger partial charge on any atom is 0.266 e. The molecule has 0 radical (unpaired) electrons. The molecule has 1 aromatic heterocycles. The van der Waals surface area contributed by atoms with E-state index in [2.05, 4.69) is 4.98 Å². The number of hydrogen-bond acceptors (Lipinski definition) is 6. The number of anilines is 1. The second kappa shape index (κ2) is 9.91. The quantitative estimate of drug-likeness (QED) is 0.503. The lowest BCUT2D eigenvalue weighted by atomic mass is 10.3. The van der Waals surface area contributed by atoms with E-state index in [0.29, 0.717) is 35.6 Å². The topological polar surface area (TPSA) is 54.9 Å². The molecule has 0 unspecified atom stereocenters. The van der Waals surface area contributed by atoms with Crippen molar-refractivity contribution in [2.75, 3.05) is 45.3 Å². The highest BCUT2D eigenvalue weighted by Crippen LogP contribution is 2.31. The van der Waals surface area contributed by atoms with Gasteiger partial charge in [0.15, 0.2) is 11.7 Å². The molecular formula is C21H24ClN3O3S. The van der Waals surface area contributed by atoms with E-state index >= 15 is 0 Å². The third-order valence-corrected chi connectivity index (χ3v) is 5.42. The van der Waals surface area contributed by atoms with Crippen LogP contribution in [0.15, 0.2) is 42.5 Å². The van der Waals surface area contributed by atoms with Gasteiger partial charge in [0.05, 0.1) is 16.8 Å². The van der Waals surface area contributed by atoms with Crippen molar-refractivity contribution >= 4 is 44.2 Å². The molecule has 0 aliphatic carbocycles. The number of halogens is 1. The molecular weight excluding hydrogens is 410 g/mol. The van der Waals surface area contributed by atoms with Crippen LogP contribution in [0.1, 0.15) is 6.92 Å². The second-order valence-corrected chi connectivity index (χ2v) is 8.10. The van der Waals surface area contributed by atoms with Gasteiger partial charge in [-0.15, -0.1) is 0 Å². The Balaban J connectivity index is 1.73. The molecule has 0 aliphatic heterocycles. The number of carbonyl (C=O) groups excluding carboxylic acids is 1. The minimum Gasteiger partial charge on any atom is -0.494 e. The van der Waals surface area contributed by atoms with Gasteiger partial charge in [0.2, 0.25) is 0 Å². The molecule has 3 aromatic rings. The first-order valence-electron chi connectivity index (χ1n) is 9.33. The molecule has 0 N–H and O–H groups in total. The fraction of sp³-hybridized carbons (Fsp3) is 0.333. The van der Waals surface area contributed by atoms with Crippen LogP contribution in [0.25, 0.3) is 10.2 Å². The summed E-state index contributed by atoms with van der Waals surface area (Å²) in [4.78, 5) is 21.3. The van der Waals surface area contributed by atoms with Crippen molar-refractivity contribution in [2.24, 2.45) is 0 Å². The zero-order valence-electron chi connectivity index (χ0n) is 16.7. The van der Waals surface area contributed by atoms with E-state index < -0.39 is 0 Å². The van der Waals surface area contributed by atoms with Crippen LogP contribution < -0.4 is 14.4 Å². The minimum atomic E-state index is -0.147. The number of fused-ring (bicyclic) bond motifs is 1. The molecule has 1 heterocycles. The van der Waals surface area contributed by atoms with Gasteiger partial charge in [-0.05, 0) is 63.5 Å². The van der Waals surface area contributed by atoms with Crippen molar-refractivity contribution in [3.8, 4) is 11.5 Å². The molecule has 0 saturated heterocycles. The molecule has 2 aromatic carbocycles. The molecule has 0 atom stereocenters. The van der Waals surface area contributed by atoms with Crippen LogP contribution >= 0.6 is 22.9 Å². The summed E-state index contributed by atoms with van der Waals surface area (Å²) in [6.45, 7) is 3.70. The number of rotatable bonds is 9. The monoisotopic (exact) mass is 433 g/mol. The van der Waals surface area contributed by atoms with Crippen LogP contribution in [0, 0.1) is 0 Å². The number of amides is 1. The normalized spacial score (nSPS) is 11.1. The first kappa shape index (κ1) is 21.4. The molecule has 0 fully saturated rings. The Morgan fingerprint density at radius 3 is 2.41 bits per heavy atom. The van der Waals surface area contributed by atoms with Gasteiger partial charge in [-0.25, -0.2) is 4.98 Å². The van der Waals surface area contributed by atoms with Gasteiger partial charge < -0.3 is 14.4 Å². The Bertz CT molecular complexity index is 959. The zero-order valence-corrected chi connectivity index (χ0v) is 18.3. The van der Waals surface area contributed by atoms with E-state index in [1.165, 1.54) is 11.3 Å². The van der Waals surface area contributed by atoms with Gasteiger partial charge in [0, 0.05) is 18.1 Å². The lowest BCUT2D eigenvalue weighted by molar-refractivity contribution is -0.120. The third kappa shape index (κ3) is 5.82. The van der Waals surface area contributed by atoms with Crippen molar-refractivity contribution < 1.29 is 14.3 Å². The minimum absolute atomic E-state index is 0.0713. The summed E-state index contributed by atoms with van der Waals surface area (Å²) in [5.74, 6) is 1.24. The van der Waals surface area contributed by atoms with Crippen LogP contribution in [-0.2, 0) is 4.79 Å². The van der Waals surface area contributed by atoms with Crippen LogP contribution in [0.3, 0.4) is 0 Å². The maximum atomic E-state index is 12.9. The van der Waals surface area contributed by atoms with Crippen molar-refractivity contribution in [1.29, 1.82) is 0 Å². The molecule has 29 heavy (non-hydrogen) atoms. The molecule has 3 rings (SSSR count). The number of likely N-dealkylation sites (N-methyl/N-ethyl adjacent to an activating group) is 1. The molecule has 8 heteroatoms. The molecule has 0 saturated carbocycles. The van der Waals surface area contributed by atoms with Gasteiger partial charge in [0.1, 0.15) is 11.5 Å². The summed E-state index contributed by atoms with van der Waals surface area (Å²) in [7, 11) is 3.94. The standard InChI is InChI=1S/C21H24ClN3O3S/c1-4-27-16-6-8-17(9-7-16)28-14-20(26)25(12-11-24(2)3)21-23-18-10-5-15(22)13-19(18)29-21/h5-10,13H,4,11-12,14H2,1-3H3. The number of hydrogen-bond donors (Lipinski definition) is 0. The first-order chi connectivity index (χ1) is 14.0. The molecule has 0 spiro atoms. The highest BCUT2D eigenvalue weighted by molar-refractivity contribution is 7.22. The van der Waals surface area contributed by atoms with E-state index in [1.54, 1.807) is 23.1 Å². The number of nitrogens with zero attached hydrogens (tertiary/aromatic N) is 3. The summed E-state index contributed by atoms with van der Waals surface area (Å²) >= 11 is 7.53. The lowest BCUT2D eigenvalue weighted by Gasteiger charge is -2.22. The fourth-order valence-electron chi connectivity index (χ4n) is 2.65. The summed E-state index contributed by atoms with van der Waals surface area (Å²) in [6.07, 6.45) is 0. The summed E-state index contributed by atoms with van der Waals surface area (Å²) in [6, 6.07) is 12.8. The summed E-state index contributed by atoms with van der Waals surface area (Å²) in [5.41, 5.74) is 0.824. The first-order valence-corrected chi connectivity index (χ1v) is 10.5. The second-order valence-electron chi connectivity index (χ2n) is 6.65. The maximum absolute atomic E-state index is 12.9. The van der Waals surface area contributed by atoms with Gasteiger partial charge in [0.25, 0.3) is 5.91 Å². The molecule has 154 valence electrons. The van der Waals surface area contributed by atoms with Gasteiger partial charge >= 0.3 is 0 Å². The average molecular weight is 434 g/mol. The van der Waals surface area contributed by atoms with Crippen molar-refractivity contribution in [2.45, 2.75) is 6.92 Å². The average Bonchev–Trinajstić information content (AvgIpc) is 3.10. The van der Waals surface area contributed by atoms with E-state index in [-0.39, 0.29) is 12.5 Å². The number of benzene rings is 2. The SMILES string of the molecule is CCOc1ccc(OCC(=O)N(CCN(C)C)c2nc3ccc(Cl)cc3s2)cc1. The zero-order chi connectivity index (χ0) is 20.8. The smallest absolute Gasteiger partial charge is 0.266 e. The van der Waals surface area contributed by atoms with Gasteiger partial charge in [-0.3, -0.25) is 9.69 Å². The Morgan fingerprint density at radius 2 is 1.76 bits per heavy atom. The fourth-order valence-corrected chi connectivity index (χ4v) is 3.94. The Hall–Kier alpha value is -2.35. The van der Waals surface area contributed by atoms with Crippen molar-refractivity contribution in [3.05, 3.63) is 47.5 Å². The Morgan fingerprint density at radius 1 is 1.07 bits per heavy atom. The summed E-state index contributed by atoms with van der Waals surface area (Å²) < 4.78 is 12.1. The van der Waals surface area contributed by atoms with E-state index in [4.69, 9.17) is 21.1 Å². The Labute approximate surface area is 179 Å². The van der Waals surface area contributed by atoms with Crippen LogP contribution in [-0.4, -0.2) is 56.2 Å². The van der Waals surface area contributed by atoms with Crippen LogP contribution in [0.2, 0.25) is 5.02 Å². The van der Waals surface area contributed by atoms with Crippen LogP contribution in [0.4, 0.5) is 5.13 Å². The largest absolute Gasteiger partial charge is 0.494 e. The Kier molecular flexibility index (Phi) is 7.30. The highest BCUT2D eigenvalue weighted by atomic mass is 35.5. The molecule has 0 bridgehead atoms. The molecule has 0 aliphatic rings. The molecule has 6 nitrogen and oxygen atoms in total. The predicted octanol–water partition coefficient (Wildman–Crippen LogP) is 4.32. The highest BCUT2D eigenvalue weighted by Gasteiger charge is 2.20. The molecule has 1 amide bonds. The van der Waals surface area contributed by atoms with Crippen molar-refractivity contribution in [1.82, 2.24) is 9.88 Å². The number of ether oxygens (including phenoxy) is 2. The number of aromatic nitrogens is 1. The summed E-state index contributed by atoms with van der Waals surface area (Å²) in [5, 5.41) is 1.29.